The minimum Gasteiger partial charge on any atom is -0.598 e. The Hall–Kier alpha value is -0.660. The Labute approximate surface area is 172 Å². The molecule has 2 unspecified atom stereocenters. The van der Waals surface area contributed by atoms with E-state index in [0.717, 1.165) is 0 Å². The third kappa shape index (κ3) is 4.51. The topological polar surface area (TPSA) is 93.0 Å². The number of nitriles is 1. The lowest BCUT2D eigenvalue weighted by molar-refractivity contribution is 0.389. The van der Waals surface area contributed by atoms with Crippen molar-refractivity contribution in [2.24, 2.45) is 0 Å². The second-order valence-corrected chi connectivity index (χ2v) is 13.3. The molecule has 0 bridgehead atoms. The molecule has 0 heterocycles. The average Bonchev–Trinajstić information content (AvgIpc) is 2.47. The Kier molecular flexibility index (Phi) is 6.40. The van der Waals surface area contributed by atoms with Gasteiger partial charge in [0.1, 0.15) is 16.1 Å². The number of benzene rings is 1. The third-order valence-electron chi connectivity index (χ3n) is 4.84. The fraction of sp³-hybridized carbons (Fsp3) is 0.611. The lowest BCUT2D eigenvalue weighted by Crippen LogP contribution is -2.56. The highest BCUT2D eigenvalue weighted by Gasteiger charge is 2.53. The van der Waals surface area contributed by atoms with Crippen molar-refractivity contribution in [3.05, 3.63) is 34.1 Å². The summed E-state index contributed by atoms with van der Waals surface area (Å²) in [5, 5.41) is 9.46. The van der Waals surface area contributed by atoms with Gasteiger partial charge in [0.2, 0.25) is 0 Å². The Morgan fingerprint density at radius 1 is 1.37 bits per heavy atom. The molecule has 150 valence electrons. The van der Waals surface area contributed by atoms with Crippen LogP contribution in [0.15, 0.2) is 22.7 Å². The highest BCUT2D eigenvalue weighted by atomic mass is 79.9. The van der Waals surface area contributed by atoms with E-state index in [9.17, 15) is 22.6 Å². The second kappa shape index (κ2) is 7.64. The Morgan fingerprint density at radius 3 is 2.41 bits per heavy atom. The molecule has 1 aromatic carbocycles. The molecule has 2 atom stereocenters. The van der Waals surface area contributed by atoms with Crippen molar-refractivity contribution in [1.82, 2.24) is 4.72 Å². The summed E-state index contributed by atoms with van der Waals surface area (Å²) in [4.78, 5) is 0. The van der Waals surface area contributed by atoms with Gasteiger partial charge >= 0.3 is 0 Å². The van der Waals surface area contributed by atoms with Gasteiger partial charge < -0.3 is 4.55 Å². The molecule has 9 heteroatoms. The zero-order valence-electron chi connectivity index (χ0n) is 15.8. The molecule has 1 aromatic rings. The number of hydrogen-bond acceptors (Lipinski definition) is 5. The largest absolute Gasteiger partial charge is 0.598 e. The lowest BCUT2D eigenvalue weighted by Gasteiger charge is -2.40. The fourth-order valence-corrected chi connectivity index (χ4v) is 6.61. The van der Waals surface area contributed by atoms with Crippen LogP contribution in [0, 0.1) is 17.1 Å². The maximum Gasteiger partial charge on any atom is 0.171 e. The van der Waals surface area contributed by atoms with Gasteiger partial charge in [0.25, 0.3) is 0 Å². The van der Waals surface area contributed by atoms with E-state index in [4.69, 9.17) is 0 Å². The molecule has 1 N–H and O–H groups in total. The normalized spacial score (nSPS) is 20.2. The van der Waals surface area contributed by atoms with Gasteiger partial charge in [0, 0.05) is 21.4 Å². The van der Waals surface area contributed by atoms with E-state index in [1.165, 1.54) is 25.1 Å². The summed E-state index contributed by atoms with van der Waals surface area (Å²) in [7, 11) is -3.90. The van der Waals surface area contributed by atoms with E-state index >= 15 is 0 Å². The quantitative estimate of drug-likeness (QED) is 0.628. The maximum absolute atomic E-state index is 14.6. The molecule has 1 aliphatic rings. The monoisotopic (exact) mass is 478 g/mol. The van der Waals surface area contributed by atoms with Crippen LogP contribution >= 0.6 is 15.9 Å². The summed E-state index contributed by atoms with van der Waals surface area (Å²) in [5.74, 6) is -1.13. The minimum atomic E-state index is -3.90. The fourth-order valence-electron chi connectivity index (χ4n) is 2.95. The first-order valence-corrected chi connectivity index (χ1v) is 12.1. The van der Waals surface area contributed by atoms with E-state index in [2.05, 4.69) is 20.7 Å². The molecule has 1 saturated carbocycles. The minimum absolute atomic E-state index is 0.0884. The van der Waals surface area contributed by atoms with Gasteiger partial charge in [-0.2, -0.15) is 5.26 Å². The molecule has 1 fully saturated rings. The van der Waals surface area contributed by atoms with Crippen LogP contribution in [0.1, 0.15) is 52.5 Å². The maximum atomic E-state index is 14.6. The van der Waals surface area contributed by atoms with Gasteiger partial charge in [0.05, 0.1) is 11.8 Å². The highest BCUT2D eigenvalue weighted by molar-refractivity contribution is 9.10. The van der Waals surface area contributed by atoms with Crippen LogP contribution in [0.2, 0.25) is 0 Å². The van der Waals surface area contributed by atoms with Crippen LogP contribution in [-0.4, -0.2) is 28.2 Å². The van der Waals surface area contributed by atoms with Crippen molar-refractivity contribution in [1.29, 1.82) is 5.26 Å². The number of nitrogens with zero attached hydrogens (tertiary/aromatic N) is 1. The zero-order valence-corrected chi connectivity index (χ0v) is 19.0. The number of nitrogens with one attached hydrogen (secondary N) is 1. The zero-order chi connectivity index (χ0) is 20.7. The van der Waals surface area contributed by atoms with E-state index in [-0.39, 0.29) is 18.4 Å². The van der Waals surface area contributed by atoms with E-state index in [1.54, 1.807) is 20.8 Å². The number of sulfone groups is 1. The van der Waals surface area contributed by atoms with Crippen LogP contribution in [0.4, 0.5) is 4.39 Å². The van der Waals surface area contributed by atoms with Crippen molar-refractivity contribution in [3.8, 4) is 6.07 Å². The van der Waals surface area contributed by atoms with Crippen LogP contribution < -0.4 is 4.72 Å². The Balaban J connectivity index is 2.53. The van der Waals surface area contributed by atoms with E-state index in [0.29, 0.717) is 10.9 Å². The molecule has 0 aromatic heterocycles. The van der Waals surface area contributed by atoms with Crippen molar-refractivity contribution >= 4 is 37.1 Å². The first-order valence-electron chi connectivity index (χ1n) is 8.55. The standard InChI is InChI=1S/C18H24BrFN2O3S2/c1-16(2,3)26(23)22-17(4,14-10-13(19)6-7-15(14)20)12-27(24,25)18(11-21)8-5-9-18/h6-7,10,22H,5,8-9,12H2,1-4H3. The summed E-state index contributed by atoms with van der Waals surface area (Å²) >= 11 is 1.63. The van der Waals surface area contributed by atoms with Gasteiger partial charge in [-0.1, -0.05) is 15.9 Å². The smallest absolute Gasteiger partial charge is 0.171 e. The molecule has 0 spiro atoms. The van der Waals surface area contributed by atoms with Gasteiger partial charge in [-0.15, -0.1) is 4.72 Å². The summed E-state index contributed by atoms with van der Waals surface area (Å²) in [6, 6.07) is 6.17. The molecular weight excluding hydrogens is 455 g/mol. The predicted molar refractivity (Wildman–Crippen MR) is 108 cm³/mol. The molecule has 5 nitrogen and oxygen atoms in total. The van der Waals surface area contributed by atoms with Crippen molar-refractivity contribution in [2.75, 3.05) is 5.75 Å². The summed E-state index contributed by atoms with van der Waals surface area (Å²) in [6.45, 7) is 6.74. The number of hydrogen-bond donors (Lipinski definition) is 1. The first kappa shape index (κ1) is 22.6. The summed E-state index contributed by atoms with van der Waals surface area (Å²) in [6.07, 6.45) is 1.20. The van der Waals surface area contributed by atoms with E-state index in [1.807, 2.05) is 6.07 Å². The van der Waals surface area contributed by atoms with Crippen molar-refractivity contribution < 1.29 is 17.4 Å². The molecular formula is C18H24BrFN2O3S2. The van der Waals surface area contributed by atoms with Gasteiger partial charge in [-0.3, -0.25) is 0 Å². The molecule has 1 aliphatic carbocycles. The summed E-state index contributed by atoms with van der Waals surface area (Å²) < 4.78 is 54.8. The first-order chi connectivity index (χ1) is 12.3. The third-order valence-corrected chi connectivity index (χ3v) is 9.73. The Bertz CT molecular complexity index is 860. The van der Waals surface area contributed by atoms with Crippen LogP contribution in [0.5, 0.6) is 0 Å². The Morgan fingerprint density at radius 2 is 1.96 bits per heavy atom. The summed E-state index contributed by atoms with van der Waals surface area (Å²) in [5.41, 5.74) is -1.38. The molecule has 0 amide bonds. The number of halogens is 2. The van der Waals surface area contributed by atoms with Crippen LogP contribution in [-0.2, 0) is 26.7 Å². The van der Waals surface area contributed by atoms with Crippen molar-refractivity contribution in [2.45, 2.75) is 62.0 Å². The molecule has 27 heavy (non-hydrogen) atoms. The van der Waals surface area contributed by atoms with Gasteiger partial charge in [0.15, 0.2) is 14.6 Å². The predicted octanol–water partition coefficient (Wildman–Crippen LogP) is 3.72. The van der Waals surface area contributed by atoms with Crippen LogP contribution in [0.25, 0.3) is 0 Å². The molecule has 0 aliphatic heterocycles. The van der Waals surface area contributed by atoms with E-state index < -0.39 is 47.8 Å². The number of rotatable bonds is 6. The molecule has 0 radical (unpaired) electrons. The molecule has 2 rings (SSSR count). The van der Waals surface area contributed by atoms with Gasteiger partial charge in [-0.05, 0) is 65.2 Å². The second-order valence-electron chi connectivity index (χ2n) is 8.16. The SMILES string of the molecule is CC(CS(=O)(=O)C1(C#N)CCC1)(N[S+]([O-])C(C)(C)C)c1cc(Br)ccc1F. The van der Waals surface area contributed by atoms with Gasteiger partial charge in [-0.25, -0.2) is 12.8 Å². The highest BCUT2D eigenvalue weighted by Crippen LogP contribution is 2.42. The average molecular weight is 479 g/mol. The van der Waals surface area contributed by atoms with Crippen LogP contribution in [0.3, 0.4) is 0 Å². The lowest BCUT2D eigenvalue weighted by atomic mass is 9.86. The van der Waals surface area contributed by atoms with Crippen molar-refractivity contribution in [3.63, 3.8) is 0 Å². The molecule has 0 saturated heterocycles.